The van der Waals surface area contributed by atoms with Crippen LogP contribution in [0.5, 0.6) is 17.2 Å². The highest BCUT2D eigenvalue weighted by Crippen LogP contribution is 2.40. The number of amides is 1. The first-order valence-corrected chi connectivity index (χ1v) is 7.09. The van der Waals surface area contributed by atoms with Crippen LogP contribution in [-0.4, -0.2) is 55.3 Å². The lowest BCUT2D eigenvalue weighted by Crippen LogP contribution is -2.39. The fourth-order valence-corrected chi connectivity index (χ4v) is 2.03. The van der Waals surface area contributed by atoms with E-state index in [1.54, 1.807) is 18.2 Å². The fraction of sp³-hybridized carbons (Fsp3) is 0.375. The summed E-state index contributed by atoms with van der Waals surface area (Å²) in [5.41, 5.74) is 0.691. The number of methoxy groups -OCH3 is 1. The number of fused-ring (bicyclic) bond motifs is 1. The van der Waals surface area contributed by atoms with Crippen molar-refractivity contribution in [3.8, 4) is 17.2 Å². The van der Waals surface area contributed by atoms with Crippen LogP contribution in [-0.2, 0) is 9.59 Å². The van der Waals surface area contributed by atoms with Crippen molar-refractivity contribution in [1.29, 1.82) is 0 Å². The van der Waals surface area contributed by atoms with Crippen LogP contribution >= 0.6 is 0 Å². The Labute approximate surface area is 134 Å². The number of carboxylic acids is 1. The lowest BCUT2D eigenvalue weighted by atomic mass is 10.1. The summed E-state index contributed by atoms with van der Waals surface area (Å²) < 4.78 is 16.3. The zero-order chi connectivity index (χ0) is 17.0. The van der Waals surface area contributed by atoms with Gasteiger partial charge < -0.3 is 24.2 Å². The number of benzene rings is 1. The number of aliphatic carboxylic acids is 1. The summed E-state index contributed by atoms with van der Waals surface area (Å²) in [5.74, 6) is 0.138. The van der Waals surface area contributed by atoms with Gasteiger partial charge in [-0.15, -0.1) is 0 Å². The third-order valence-corrected chi connectivity index (χ3v) is 3.55. The molecule has 124 valence electrons. The summed E-state index contributed by atoms with van der Waals surface area (Å²) in [6.07, 6.45) is 2.89. The van der Waals surface area contributed by atoms with Gasteiger partial charge in [0.05, 0.1) is 7.11 Å². The van der Waals surface area contributed by atoms with Crippen LogP contribution in [0.2, 0.25) is 0 Å². The summed E-state index contributed by atoms with van der Waals surface area (Å²) in [4.78, 5) is 24.0. The van der Waals surface area contributed by atoms with Crippen LogP contribution < -0.4 is 14.2 Å². The number of carboxylic acid groups (broad SMARTS) is 1. The summed E-state index contributed by atoms with van der Waals surface area (Å²) >= 11 is 0. The Morgan fingerprint density at radius 3 is 2.70 bits per heavy atom. The van der Waals surface area contributed by atoms with Gasteiger partial charge in [0.1, 0.15) is 19.3 Å². The molecule has 7 nitrogen and oxygen atoms in total. The van der Waals surface area contributed by atoms with Crippen LogP contribution in [0.1, 0.15) is 12.5 Å². The van der Waals surface area contributed by atoms with Crippen LogP contribution in [0.3, 0.4) is 0 Å². The molecule has 1 heterocycles. The molecule has 1 atom stereocenters. The summed E-state index contributed by atoms with van der Waals surface area (Å²) in [5, 5.41) is 8.92. The maximum atomic E-state index is 12.0. The first-order chi connectivity index (χ1) is 10.9. The highest BCUT2D eigenvalue weighted by atomic mass is 16.6. The van der Waals surface area contributed by atoms with Gasteiger partial charge in [-0.3, -0.25) is 4.79 Å². The number of carbonyl (C=O) groups excluding carboxylic acids is 1. The van der Waals surface area contributed by atoms with E-state index >= 15 is 0 Å². The normalized spacial score (nSPS) is 14.4. The maximum Gasteiger partial charge on any atom is 0.326 e. The van der Waals surface area contributed by atoms with Crippen molar-refractivity contribution in [3.63, 3.8) is 0 Å². The van der Waals surface area contributed by atoms with Crippen LogP contribution in [0.4, 0.5) is 0 Å². The second-order valence-electron chi connectivity index (χ2n) is 5.04. The lowest BCUT2D eigenvalue weighted by Gasteiger charge is -2.21. The molecule has 1 aromatic rings. The average molecular weight is 321 g/mol. The van der Waals surface area contributed by atoms with Gasteiger partial charge >= 0.3 is 5.97 Å². The number of hydrogen-bond donors (Lipinski definition) is 1. The monoisotopic (exact) mass is 321 g/mol. The molecule has 0 saturated carbocycles. The van der Waals surface area contributed by atoms with Crippen molar-refractivity contribution in [1.82, 2.24) is 4.90 Å². The van der Waals surface area contributed by atoms with Crippen molar-refractivity contribution in [2.75, 3.05) is 27.4 Å². The van der Waals surface area contributed by atoms with Crippen molar-refractivity contribution < 1.29 is 28.9 Å². The number of likely N-dealkylation sites (N-methyl/N-ethyl adjacent to an activating group) is 1. The molecule has 0 fully saturated rings. The molecule has 2 rings (SSSR count). The van der Waals surface area contributed by atoms with E-state index < -0.39 is 17.9 Å². The minimum atomic E-state index is -1.06. The lowest BCUT2D eigenvalue weighted by molar-refractivity contribution is -0.146. The van der Waals surface area contributed by atoms with Gasteiger partial charge in [-0.05, 0) is 30.7 Å². The molecule has 0 aromatic heterocycles. The predicted octanol–water partition coefficient (Wildman–Crippen LogP) is 1.41. The number of carbonyl (C=O) groups is 2. The van der Waals surface area contributed by atoms with E-state index in [4.69, 9.17) is 19.3 Å². The zero-order valence-electron chi connectivity index (χ0n) is 13.2. The van der Waals surface area contributed by atoms with E-state index in [-0.39, 0.29) is 0 Å². The van der Waals surface area contributed by atoms with Crippen LogP contribution in [0, 0.1) is 0 Å². The molecule has 1 aromatic carbocycles. The molecule has 1 aliphatic heterocycles. The molecule has 0 spiro atoms. The highest BCUT2D eigenvalue weighted by Gasteiger charge is 2.20. The number of hydrogen-bond acceptors (Lipinski definition) is 5. The Morgan fingerprint density at radius 1 is 1.35 bits per heavy atom. The van der Waals surface area contributed by atoms with Crippen LogP contribution in [0.15, 0.2) is 18.2 Å². The van der Waals surface area contributed by atoms with Gasteiger partial charge in [0.2, 0.25) is 11.7 Å². The molecule has 23 heavy (non-hydrogen) atoms. The molecule has 7 heteroatoms. The van der Waals surface area contributed by atoms with Gasteiger partial charge in [-0.1, -0.05) is 0 Å². The predicted molar refractivity (Wildman–Crippen MR) is 82.9 cm³/mol. The SMILES string of the molecule is COc1cc(C=CC(=O)N(C)C(C)C(=O)O)cc2c1OCCO2. The fourth-order valence-electron chi connectivity index (χ4n) is 2.03. The molecule has 0 aliphatic carbocycles. The Kier molecular flexibility index (Phi) is 5.10. The van der Waals surface area contributed by atoms with E-state index in [1.165, 1.54) is 27.2 Å². The first-order valence-electron chi connectivity index (χ1n) is 7.09. The Bertz CT molecular complexity index is 622. The van der Waals surface area contributed by atoms with Crippen LogP contribution in [0.25, 0.3) is 6.08 Å². The Balaban J connectivity index is 2.19. The second-order valence-corrected chi connectivity index (χ2v) is 5.04. The quantitative estimate of drug-likeness (QED) is 0.825. The van der Waals surface area contributed by atoms with Gasteiger partial charge in [-0.25, -0.2) is 4.79 Å². The van der Waals surface area contributed by atoms with E-state index in [2.05, 4.69) is 0 Å². The van der Waals surface area contributed by atoms with E-state index in [1.807, 2.05) is 0 Å². The van der Waals surface area contributed by atoms with Gasteiger partial charge in [-0.2, -0.15) is 0 Å². The largest absolute Gasteiger partial charge is 0.493 e. The molecule has 0 radical (unpaired) electrons. The maximum absolute atomic E-state index is 12.0. The van der Waals surface area contributed by atoms with Gasteiger partial charge in [0.25, 0.3) is 0 Å². The molecule has 1 unspecified atom stereocenters. The number of ether oxygens (including phenoxy) is 3. The highest BCUT2D eigenvalue weighted by molar-refractivity contribution is 5.94. The van der Waals surface area contributed by atoms with Gasteiger partial charge in [0, 0.05) is 13.1 Å². The average Bonchev–Trinajstić information content (AvgIpc) is 2.57. The minimum Gasteiger partial charge on any atom is -0.493 e. The molecule has 1 N–H and O–H groups in total. The number of nitrogens with zero attached hydrogens (tertiary/aromatic N) is 1. The Morgan fingerprint density at radius 2 is 2.04 bits per heavy atom. The second kappa shape index (κ2) is 7.04. The zero-order valence-corrected chi connectivity index (χ0v) is 13.2. The molecule has 0 bridgehead atoms. The summed E-state index contributed by atoms with van der Waals surface area (Å²) in [7, 11) is 2.96. The third kappa shape index (κ3) is 3.74. The van der Waals surface area contributed by atoms with Crippen molar-refractivity contribution in [2.24, 2.45) is 0 Å². The van der Waals surface area contributed by atoms with Crippen molar-refractivity contribution in [2.45, 2.75) is 13.0 Å². The van der Waals surface area contributed by atoms with E-state index in [0.717, 1.165) is 4.90 Å². The third-order valence-electron chi connectivity index (χ3n) is 3.55. The standard InChI is InChI=1S/C16H19NO6/c1-10(16(19)20)17(2)14(18)5-4-11-8-12(21-3)15-13(9-11)22-6-7-23-15/h4-5,8-10H,6-7H2,1-3H3,(H,19,20). The molecular weight excluding hydrogens is 302 g/mol. The molecule has 1 aliphatic rings. The van der Waals surface area contributed by atoms with E-state index in [9.17, 15) is 9.59 Å². The van der Waals surface area contributed by atoms with Crippen molar-refractivity contribution in [3.05, 3.63) is 23.8 Å². The topological polar surface area (TPSA) is 85.3 Å². The minimum absolute atomic E-state index is 0.409. The molecular formula is C16H19NO6. The van der Waals surface area contributed by atoms with Crippen molar-refractivity contribution >= 4 is 18.0 Å². The Hall–Kier alpha value is -2.70. The summed E-state index contributed by atoms with van der Waals surface area (Å²) in [6.45, 7) is 2.34. The van der Waals surface area contributed by atoms with Gasteiger partial charge in [0.15, 0.2) is 11.5 Å². The number of rotatable bonds is 5. The van der Waals surface area contributed by atoms with E-state index in [0.29, 0.717) is 36.0 Å². The first kappa shape index (κ1) is 16.7. The molecule has 1 amide bonds. The smallest absolute Gasteiger partial charge is 0.326 e. The molecule has 0 saturated heterocycles. The summed E-state index contributed by atoms with van der Waals surface area (Å²) in [6, 6.07) is 2.56.